The maximum Gasteiger partial charge on any atom is -0.0132 e. The number of fused-ring (bicyclic) bond motifs is 2. The van der Waals surface area contributed by atoms with E-state index in [2.05, 4.69) is 58.0 Å². The smallest absolute Gasteiger partial charge is 0.0132 e. The zero-order valence-corrected chi connectivity index (χ0v) is 13.6. The third-order valence-electron chi connectivity index (χ3n) is 5.50. The topological polar surface area (TPSA) is 0 Å². The van der Waals surface area contributed by atoms with Crippen LogP contribution < -0.4 is 5.30 Å². The molecular weight excluding hydrogens is 247 g/mol. The van der Waals surface area contributed by atoms with Gasteiger partial charge in [-0.1, -0.05) is 65.9 Å². The van der Waals surface area contributed by atoms with E-state index in [1.807, 2.05) is 0 Å². The highest BCUT2D eigenvalue weighted by Crippen LogP contribution is 2.69. The second-order valence-electron chi connectivity index (χ2n) is 7.16. The molecule has 1 aromatic carbocycles. The van der Waals surface area contributed by atoms with Gasteiger partial charge in [0.1, 0.15) is 0 Å². The predicted molar refractivity (Wildman–Crippen MR) is 86.5 cm³/mol. The van der Waals surface area contributed by atoms with Crippen molar-refractivity contribution < 1.29 is 0 Å². The van der Waals surface area contributed by atoms with Crippen molar-refractivity contribution in [3.05, 3.63) is 30.3 Å². The lowest BCUT2D eigenvalue weighted by atomic mass is 9.73. The van der Waals surface area contributed by atoms with Crippen LogP contribution in [0.4, 0.5) is 0 Å². The quantitative estimate of drug-likeness (QED) is 0.689. The highest BCUT2D eigenvalue weighted by atomic mass is 31.1. The van der Waals surface area contributed by atoms with Crippen LogP contribution in [0.1, 0.15) is 40.5 Å². The largest absolute Gasteiger partial charge is 0.0684 e. The Kier molecular flexibility index (Phi) is 3.73. The molecule has 19 heavy (non-hydrogen) atoms. The summed E-state index contributed by atoms with van der Waals surface area (Å²) in [5.74, 6) is 3.73. The minimum absolute atomic E-state index is 0.105. The Hall–Kier alpha value is -0.350. The van der Waals surface area contributed by atoms with Gasteiger partial charge in [-0.3, -0.25) is 0 Å². The monoisotopic (exact) mass is 274 g/mol. The maximum atomic E-state index is 2.44. The summed E-state index contributed by atoms with van der Waals surface area (Å²) in [5, 5.41) is 1.68. The van der Waals surface area contributed by atoms with Gasteiger partial charge in [0.2, 0.25) is 0 Å². The lowest BCUT2D eigenvalue weighted by Crippen LogP contribution is -2.29. The van der Waals surface area contributed by atoms with Crippen LogP contribution in [0.3, 0.4) is 0 Å². The van der Waals surface area contributed by atoms with Crippen LogP contribution >= 0.6 is 7.92 Å². The molecule has 0 aromatic heterocycles. The van der Waals surface area contributed by atoms with E-state index in [1.54, 1.807) is 5.30 Å². The minimum Gasteiger partial charge on any atom is -0.0684 e. The summed E-state index contributed by atoms with van der Waals surface area (Å²) in [5.41, 5.74) is 2.02. The van der Waals surface area contributed by atoms with Crippen LogP contribution in [-0.4, -0.2) is 11.3 Å². The van der Waals surface area contributed by atoms with E-state index in [4.69, 9.17) is 0 Å². The molecular formula is C18H27P. The normalized spacial score (nSPS) is 37.5. The average Bonchev–Trinajstić information content (AvgIpc) is 2.94. The fourth-order valence-corrected chi connectivity index (χ4v) is 9.00. The first kappa shape index (κ1) is 13.6. The van der Waals surface area contributed by atoms with Crippen LogP contribution in [-0.2, 0) is 0 Å². The maximum absolute atomic E-state index is 2.44. The van der Waals surface area contributed by atoms with Gasteiger partial charge in [-0.15, -0.1) is 0 Å². The third-order valence-corrected chi connectivity index (χ3v) is 9.01. The molecule has 2 aliphatic rings. The standard InChI is InChI=1S/C18H27P/c1-12(2)15-10-18-16(13(3)4)11-17(15)19(18)14-8-6-5-7-9-14/h5-9,12-13,15-18H,10-11H2,1-4H3. The van der Waals surface area contributed by atoms with Crippen molar-refractivity contribution in [1.82, 2.24) is 0 Å². The van der Waals surface area contributed by atoms with E-state index in [0.29, 0.717) is 0 Å². The Morgan fingerprint density at radius 2 is 1.32 bits per heavy atom. The van der Waals surface area contributed by atoms with Crippen molar-refractivity contribution in [1.29, 1.82) is 0 Å². The van der Waals surface area contributed by atoms with Gasteiger partial charge in [0, 0.05) is 0 Å². The molecule has 2 aliphatic heterocycles. The van der Waals surface area contributed by atoms with Crippen molar-refractivity contribution in [2.24, 2.45) is 23.7 Å². The summed E-state index contributed by atoms with van der Waals surface area (Å²) in [4.78, 5) is 0. The molecule has 0 saturated carbocycles. The van der Waals surface area contributed by atoms with Gasteiger partial charge in [-0.2, -0.15) is 0 Å². The van der Waals surface area contributed by atoms with Crippen molar-refractivity contribution >= 4 is 13.2 Å². The summed E-state index contributed by atoms with van der Waals surface area (Å²) in [6, 6.07) is 11.4. The molecule has 0 aliphatic carbocycles. The molecule has 2 bridgehead atoms. The zero-order chi connectivity index (χ0) is 13.6. The van der Waals surface area contributed by atoms with Crippen molar-refractivity contribution in [2.45, 2.75) is 51.9 Å². The zero-order valence-electron chi connectivity index (χ0n) is 12.7. The number of benzene rings is 1. The Balaban J connectivity index is 1.91. The van der Waals surface area contributed by atoms with E-state index >= 15 is 0 Å². The molecule has 0 radical (unpaired) electrons. The van der Waals surface area contributed by atoms with Gasteiger partial charge < -0.3 is 0 Å². The number of hydrogen-bond acceptors (Lipinski definition) is 0. The summed E-state index contributed by atoms with van der Waals surface area (Å²) >= 11 is 0. The molecule has 4 atom stereocenters. The van der Waals surface area contributed by atoms with Crippen molar-refractivity contribution in [3.63, 3.8) is 0 Å². The SMILES string of the molecule is CC(C)C1CC2C(C(C)C)CC1P2c1ccccc1. The Morgan fingerprint density at radius 3 is 1.74 bits per heavy atom. The lowest BCUT2D eigenvalue weighted by molar-refractivity contribution is 0.232. The van der Waals surface area contributed by atoms with Crippen LogP contribution in [0.2, 0.25) is 0 Å². The highest BCUT2D eigenvalue weighted by molar-refractivity contribution is 7.67. The molecule has 2 heterocycles. The fourth-order valence-electron chi connectivity index (χ4n) is 4.52. The van der Waals surface area contributed by atoms with E-state index in [-0.39, 0.29) is 7.92 Å². The first-order valence-electron chi connectivity index (χ1n) is 7.93. The third kappa shape index (κ3) is 2.27. The molecule has 0 spiro atoms. The summed E-state index contributed by atoms with van der Waals surface area (Å²) in [7, 11) is 0.105. The van der Waals surface area contributed by atoms with Gasteiger partial charge >= 0.3 is 0 Å². The number of rotatable bonds is 3. The second-order valence-corrected chi connectivity index (χ2v) is 9.82. The molecule has 2 fully saturated rings. The van der Waals surface area contributed by atoms with Gasteiger partial charge in [-0.25, -0.2) is 0 Å². The van der Waals surface area contributed by atoms with E-state index in [0.717, 1.165) is 35.0 Å². The van der Waals surface area contributed by atoms with Crippen molar-refractivity contribution in [3.8, 4) is 0 Å². The molecule has 0 nitrogen and oxygen atoms in total. The molecule has 3 rings (SSSR count). The van der Waals surface area contributed by atoms with Crippen LogP contribution in [0, 0.1) is 23.7 Å². The van der Waals surface area contributed by atoms with Crippen molar-refractivity contribution in [2.75, 3.05) is 0 Å². The molecule has 4 unspecified atom stereocenters. The van der Waals surface area contributed by atoms with Gasteiger partial charge in [0.15, 0.2) is 0 Å². The molecule has 1 heteroatoms. The summed E-state index contributed by atoms with van der Waals surface area (Å²) in [6.45, 7) is 9.75. The average molecular weight is 274 g/mol. The molecule has 2 saturated heterocycles. The molecule has 104 valence electrons. The van der Waals surface area contributed by atoms with Gasteiger partial charge in [0.25, 0.3) is 0 Å². The minimum atomic E-state index is 0.105. The Bertz CT molecular complexity index is 401. The summed E-state index contributed by atoms with van der Waals surface area (Å²) < 4.78 is 0. The second kappa shape index (κ2) is 5.21. The number of hydrogen-bond donors (Lipinski definition) is 0. The van der Waals surface area contributed by atoms with E-state index in [9.17, 15) is 0 Å². The first-order valence-corrected chi connectivity index (χ1v) is 9.41. The van der Waals surface area contributed by atoms with Crippen LogP contribution in [0.15, 0.2) is 30.3 Å². The van der Waals surface area contributed by atoms with Gasteiger partial charge in [0.05, 0.1) is 0 Å². The van der Waals surface area contributed by atoms with Crippen LogP contribution in [0.5, 0.6) is 0 Å². The molecule has 0 N–H and O–H groups in total. The summed E-state index contributed by atoms with van der Waals surface area (Å²) in [6.07, 6.45) is 3.01. The molecule has 1 aromatic rings. The first-order chi connectivity index (χ1) is 9.09. The van der Waals surface area contributed by atoms with Crippen LogP contribution in [0.25, 0.3) is 0 Å². The van der Waals surface area contributed by atoms with E-state index in [1.165, 1.54) is 12.8 Å². The Labute approximate surface area is 119 Å². The Morgan fingerprint density at radius 1 is 0.842 bits per heavy atom. The lowest BCUT2D eigenvalue weighted by Gasteiger charge is -2.31. The fraction of sp³-hybridized carbons (Fsp3) is 0.667. The molecule has 0 amide bonds. The predicted octanol–water partition coefficient (Wildman–Crippen LogP) is 4.88. The van der Waals surface area contributed by atoms with Gasteiger partial charge in [-0.05, 0) is 53.1 Å². The highest BCUT2D eigenvalue weighted by Gasteiger charge is 2.54. The van der Waals surface area contributed by atoms with E-state index < -0.39 is 0 Å².